The molecule has 2 aromatic carbocycles. The number of ether oxygens (including phenoxy) is 1. The van der Waals surface area contributed by atoms with Gasteiger partial charge in [0, 0.05) is 31.8 Å². The maximum atomic E-state index is 12.7. The minimum atomic E-state index is -3.84. The molecule has 0 unspecified atom stereocenters. The molecule has 3 rings (SSSR count). The van der Waals surface area contributed by atoms with Gasteiger partial charge in [0.05, 0.1) is 12.1 Å². The van der Waals surface area contributed by atoms with Crippen LogP contribution >= 0.6 is 11.6 Å². The van der Waals surface area contributed by atoms with Crippen molar-refractivity contribution in [3.63, 3.8) is 0 Å². The third-order valence-electron chi connectivity index (χ3n) is 4.34. The summed E-state index contributed by atoms with van der Waals surface area (Å²) in [6.45, 7) is 2.68. The van der Waals surface area contributed by atoms with E-state index in [0.29, 0.717) is 24.5 Å². The van der Waals surface area contributed by atoms with Crippen molar-refractivity contribution in [3.8, 4) is 5.75 Å². The van der Waals surface area contributed by atoms with Gasteiger partial charge < -0.3 is 9.64 Å². The van der Waals surface area contributed by atoms with Crippen LogP contribution in [0.3, 0.4) is 0 Å². The molecule has 0 aromatic heterocycles. The highest BCUT2D eigenvalue weighted by atomic mass is 35.5. The van der Waals surface area contributed by atoms with Crippen LogP contribution < -0.4 is 9.46 Å². The van der Waals surface area contributed by atoms with Gasteiger partial charge >= 0.3 is 0 Å². The van der Waals surface area contributed by atoms with Crippen molar-refractivity contribution in [2.24, 2.45) is 0 Å². The number of nitrogens with one attached hydrogen (secondary N) is 1. The Morgan fingerprint density at radius 3 is 2.62 bits per heavy atom. The molecule has 138 valence electrons. The zero-order chi connectivity index (χ0) is 18.9. The van der Waals surface area contributed by atoms with Gasteiger partial charge in [0.2, 0.25) is 5.91 Å². The molecule has 6 nitrogen and oxygen atoms in total. The van der Waals surface area contributed by atoms with Crippen LogP contribution in [0.1, 0.15) is 18.1 Å². The molecule has 0 radical (unpaired) electrons. The zero-order valence-electron chi connectivity index (χ0n) is 14.5. The average Bonchev–Trinajstić information content (AvgIpc) is 2.60. The van der Waals surface area contributed by atoms with Crippen LogP contribution in [0.15, 0.2) is 41.3 Å². The smallest absolute Gasteiger partial charge is 0.263 e. The summed E-state index contributed by atoms with van der Waals surface area (Å²) in [6.07, 6.45) is 0.756. The number of fused-ring (bicyclic) bond motifs is 1. The highest BCUT2D eigenvalue weighted by Gasteiger charge is 2.21. The van der Waals surface area contributed by atoms with E-state index in [2.05, 4.69) is 4.72 Å². The first kappa shape index (κ1) is 18.5. The van der Waals surface area contributed by atoms with Gasteiger partial charge in [-0.05, 0) is 41.8 Å². The molecular formula is C18H19ClN2O4S. The summed E-state index contributed by atoms with van der Waals surface area (Å²) in [5.74, 6) is 0.485. The molecule has 1 aliphatic heterocycles. The number of amides is 1. The molecule has 0 saturated carbocycles. The molecular weight excluding hydrogens is 376 g/mol. The Morgan fingerprint density at radius 1 is 1.19 bits per heavy atom. The van der Waals surface area contributed by atoms with E-state index >= 15 is 0 Å². The van der Waals surface area contributed by atoms with Crippen LogP contribution in [-0.2, 0) is 27.8 Å². The third kappa shape index (κ3) is 3.78. The van der Waals surface area contributed by atoms with Gasteiger partial charge in [-0.15, -0.1) is 0 Å². The molecule has 0 aliphatic carbocycles. The van der Waals surface area contributed by atoms with Gasteiger partial charge in [-0.2, -0.15) is 0 Å². The van der Waals surface area contributed by atoms with E-state index in [1.165, 1.54) is 32.2 Å². The monoisotopic (exact) mass is 394 g/mol. The predicted octanol–water partition coefficient (Wildman–Crippen LogP) is 3.05. The number of rotatable bonds is 4. The summed E-state index contributed by atoms with van der Waals surface area (Å²) >= 11 is 6.08. The lowest BCUT2D eigenvalue weighted by Gasteiger charge is -2.28. The quantitative estimate of drug-likeness (QED) is 0.864. The fraction of sp³-hybridized carbons (Fsp3) is 0.278. The molecule has 2 aromatic rings. The third-order valence-corrected chi connectivity index (χ3v) is 6.21. The number of methoxy groups -OCH3 is 1. The Bertz CT molecular complexity index is 960. The topological polar surface area (TPSA) is 75.7 Å². The SMILES string of the molecule is COc1ccc(S(=O)(=O)Nc2ccc3c(c2)CN(C(C)=O)CC3)c(Cl)c1. The molecule has 1 amide bonds. The number of sulfonamides is 1. The van der Waals surface area contributed by atoms with Gasteiger partial charge in [0.1, 0.15) is 10.6 Å². The molecule has 1 aliphatic rings. The lowest BCUT2D eigenvalue weighted by molar-refractivity contribution is -0.129. The van der Waals surface area contributed by atoms with E-state index in [9.17, 15) is 13.2 Å². The highest BCUT2D eigenvalue weighted by Crippen LogP contribution is 2.29. The van der Waals surface area contributed by atoms with E-state index in [1.807, 2.05) is 6.07 Å². The van der Waals surface area contributed by atoms with E-state index in [-0.39, 0.29) is 15.8 Å². The number of hydrogen-bond acceptors (Lipinski definition) is 4. The standard InChI is InChI=1S/C18H19ClN2O4S/c1-12(22)21-8-7-13-3-4-15(9-14(13)11-21)20-26(23,24)18-6-5-16(25-2)10-17(18)19/h3-6,9-10,20H,7-8,11H2,1-2H3. The molecule has 0 fully saturated rings. The van der Waals surface area contributed by atoms with E-state index in [4.69, 9.17) is 16.3 Å². The second kappa shape index (κ2) is 7.17. The van der Waals surface area contributed by atoms with Crippen molar-refractivity contribution in [2.45, 2.75) is 24.8 Å². The minimum Gasteiger partial charge on any atom is -0.497 e. The average molecular weight is 395 g/mol. The summed E-state index contributed by atoms with van der Waals surface area (Å²) < 4.78 is 32.9. The summed E-state index contributed by atoms with van der Waals surface area (Å²) in [5, 5.41) is 0.0811. The number of benzene rings is 2. The molecule has 26 heavy (non-hydrogen) atoms. The van der Waals surface area contributed by atoms with Crippen LogP contribution in [-0.4, -0.2) is 32.9 Å². The van der Waals surface area contributed by atoms with Crippen LogP contribution in [0.2, 0.25) is 5.02 Å². The molecule has 0 saturated heterocycles. The zero-order valence-corrected chi connectivity index (χ0v) is 16.0. The molecule has 0 bridgehead atoms. The van der Waals surface area contributed by atoms with Crippen molar-refractivity contribution in [1.29, 1.82) is 0 Å². The van der Waals surface area contributed by atoms with Crippen molar-refractivity contribution in [2.75, 3.05) is 18.4 Å². The van der Waals surface area contributed by atoms with E-state index in [1.54, 1.807) is 17.0 Å². The number of nitrogens with zero attached hydrogens (tertiary/aromatic N) is 1. The molecule has 0 atom stereocenters. The number of carbonyl (C=O) groups is 1. The Labute approximate surface area is 157 Å². The fourth-order valence-corrected chi connectivity index (χ4v) is 4.51. The largest absolute Gasteiger partial charge is 0.497 e. The van der Waals surface area contributed by atoms with Gasteiger partial charge in [0.25, 0.3) is 10.0 Å². The molecule has 1 N–H and O–H groups in total. The number of carbonyl (C=O) groups excluding carboxylic acids is 1. The Balaban J connectivity index is 1.87. The van der Waals surface area contributed by atoms with E-state index in [0.717, 1.165) is 17.5 Å². The number of anilines is 1. The second-order valence-corrected chi connectivity index (χ2v) is 8.13. The lowest BCUT2D eigenvalue weighted by Crippen LogP contribution is -2.34. The van der Waals surface area contributed by atoms with Gasteiger partial charge in [-0.1, -0.05) is 17.7 Å². The first-order valence-corrected chi connectivity index (χ1v) is 9.90. The van der Waals surface area contributed by atoms with Crippen molar-refractivity contribution < 1.29 is 17.9 Å². The van der Waals surface area contributed by atoms with Crippen LogP contribution in [0.5, 0.6) is 5.75 Å². The predicted molar refractivity (Wildman–Crippen MR) is 100 cm³/mol. The molecule has 8 heteroatoms. The molecule has 0 spiro atoms. The Morgan fingerprint density at radius 2 is 1.96 bits per heavy atom. The van der Waals surface area contributed by atoms with Crippen LogP contribution in [0.4, 0.5) is 5.69 Å². The highest BCUT2D eigenvalue weighted by molar-refractivity contribution is 7.92. The van der Waals surface area contributed by atoms with Gasteiger partial charge in [-0.3, -0.25) is 9.52 Å². The normalized spacial score (nSPS) is 13.9. The maximum Gasteiger partial charge on any atom is 0.263 e. The first-order chi connectivity index (χ1) is 12.3. The van der Waals surface area contributed by atoms with Crippen molar-refractivity contribution >= 4 is 33.2 Å². The van der Waals surface area contributed by atoms with E-state index < -0.39 is 10.0 Å². The maximum absolute atomic E-state index is 12.7. The second-order valence-electron chi connectivity index (χ2n) is 6.08. The summed E-state index contributed by atoms with van der Waals surface area (Å²) in [7, 11) is -2.36. The first-order valence-electron chi connectivity index (χ1n) is 8.04. The van der Waals surface area contributed by atoms with Crippen LogP contribution in [0, 0.1) is 0 Å². The van der Waals surface area contributed by atoms with Gasteiger partial charge in [-0.25, -0.2) is 8.42 Å². The number of hydrogen-bond donors (Lipinski definition) is 1. The Hall–Kier alpha value is -2.25. The molecule has 1 heterocycles. The summed E-state index contributed by atoms with van der Waals surface area (Å²) in [5.41, 5.74) is 2.49. The summed E-state index contributed by atoms with van der Waals surface area (Å²) in [6, 6.07) is 9.77. The minimum absolute atomic E-state index is 0.00616. The van der Waals surface area contributed by atoms with Gasteiger partial charge in [0.15, 0.2) is 0 Å². The number of halogens is 1. The van der Waals surface area contributed by atoms with Crippen LogP contribution in [0.25, 0.3) is 0 Å². The fourth-order valence-electron chi connectivity index (χ4n) is 2.93. The summed E-state index contributed by atoms with van der Waals surface area (Å²) in [4.78, 5) is 13.3. The van der Waals surface area contributed by atoms with Crippen molar-refractivity contribution in [3.05, 3.63) is 52.5 Å². The lowest BCUT2D eigenvalue weighted by atomic mass is 9.99. The Kier molecular flexibility index (Phi) is 5.11. The van der Waals surface area contributed by atoms with Crippen molar-refractivity contribution in [1.82, 2.24) is 4.90 Å².